The summed E-state index contributed by atoms with van der Waals surface area (Å²) in [4.78, 5) is 18.2. The number of hydrogen-bond acceptors (Lipinski definition) is 6. The average Bonchev–Trinajstić information content (AvgIpc) is 3.10. The number of ketones is 1. The van der Waals surface area contributed by atoms with Gasteiger partial charge in [0.15, 0.2) is 5.13 Å². The van der Waals surface area contributed by atoms with E-state index >= 15 is 0 Å². The Kier molecular flexibility index (Phi) is 5.98. The van der Waals surface area contributed by atoms with Crippen LogP contribution in [0, 0.1) is 0 Å². The number of thiazole rings is 1. The summed E-state index contributed by atoms with van der Waals surface area (Å²) in [5.74, 6) is -0.0199. The summed E-state index contributed by atoms with van der Waals surface area (Å²) in [6, 6.07) is 9.27. The van der Waals surface area contributed by atoms with Gasteiger partial charge in [0.05, 0.1) is 12.0 Å². The van der Waals surface area contributed by atoms with Crippen molar-refractivity contribution in [3.05, 3.63) is 64.9 Å². The Bertz CT molecular complexity index is 781. The van der Waals surface area contributed by atoms with Crippen LogP contribution in [0.3, 0.4) is 0 Å². The second-order valence-corrected chi connectivity index (χ2v) is 6.50. The highest BCUT2D eigenvalue weighted by molar-refractivity contribution is 7.17. The van der Waals surface area contributed by atoms with Gasteiger partial charge in [-0.15, -0.1) is 0 Å². The van der Waals surface area contributed by atoms with E-state index < -0.39 is 0 Å². The van der Waals surface area contributed by atoms with Crippen molar-refractivity contribution in [1.29, 1.82) is 0 Å². The molecule has 3 rings (SSSR count). The summed E-state index contributed by atoms with van der Waals surface area (Å²) >= 11 is 1.38. The lowest BCUT2D eigenvalue weighted by Crippen LogP contribution is -2.06. The fourth-order valence-electron chi connectivity index (χ4n) is 2.44. The Balaban J connectivity index is 1.88. The van der Waals surface area contributed by atoms with Crippen LogP contribution in [-0.2, 0) is 9.47 Å². The van der Waals surface area contributed by atoms with E-state index in [2.05, 4.69) is 10.3 Å². The zero-order valence-corrected chi connectivity index (χ0v) is 14.8. The number of allylic oxidation sites excluding steroid dienone is 2. The van der Waals surface area contributed by atoms with Crippen LogP contribution in [0.5, 0.6) is 0 Å². The zero-order valence-electron chi connectivity index (χ0n) is 14.0. The second-order valence-electron chi connectivity index (χ2n) is 5.50. The van der Waals surface area contributed by atoms with Crippen molar-refractivity contribution in [3.8, 4) is 0 Å². The number of ether oxygens (including phenoxy) is 2. The van der Waals surface area contributed by atoms with E-state index in [1.807, 2.05) is 42.5 Å². The first-order valence-corrected chi connectivity index (χ1v) is 8.92. The van der Waals surface area contributed by atoms with Crippen molar-refractivity contribution in [1.82, 2.24) is 4.98 Å². The lowest BCUT2D eigenvalue weighted by atomic mass is 10.0. The van der Waals surface area contributed by atoms with Crippen LogP contribution in [0.25, 0.3) is 5.57 Å². The predicted octanol–water partition coefficient (Wildman–Crippen LogP) is 3.75. The number of nitrogens with zero attached hydrogens (tertiary/aromatic N) is 1. The maximum Gasteiger partial charge on any atom is 0.205 e. The molecule has 1 N–H and O–H groups in total. The van der Waals surface area contributed by atoms with Crippen molar-refractivity contribution in [2.75, 3.05) is 32.2 Å². The molecule has 5 nitrogen and oxygen atoms in total. The van der Waals surface area contributed by atoms with Gasteiger partial charge in [-0.25, -0.2) is 4.98 Å². The molecule has 0 bridgehead atoms. The predicted molar refractivity (Wildman–Crippen MR) is 100 cm³/mol. The summed E-state index contributed by atoms with van der Waals surface area (Å²) in [5.41, 5.74) is 2.26. The second kappa shape index (κ2) is 8.60. The highest BCUT2D eigenvalue weighted by atomic mass is 32.1. The molecule has 1 aromatic heterocycles. The molecule has 0 aliphatic carbocycles. The molecule has 0 saturated heterocycles. The van der Waals surface area contributed by atoms with E-state index in [0.29, 0.717) is 29.3 Å². The van der Waals surface area contributed by atoms with Crippen LogP contribution in [-0.4, -0.2) is 37.6 Å². The van der Waals surface area contributed by atoms with Gasteiger partial charge >= 0.3 is 0 Å². The fourth-order valence-corrected chi connectivity index (χ4v) is 3.43. The topological polar surface area (TPSA) is 60.4 Å². The third-order valence-electron chi connectivity index (χ3n) is 3.69. The summed E-state index contributed by atoms with van der Waals surface area (Å²) in [6.45, 7) is 1.85. The summed E-state index contributed by atoms with van der Waals surface area (Å²) in [5, 5.41) is 4.01. The van der Waals surface area contributed by atoms with Crippen molar-refractivity contribution < 1.29 is 14.3 Å². The molecule has 1 aliphatic rings. The minimum absolute atomic E-state index is 0.0199. The van der Waals surface area contributed by atoms with Crippen LogP contribution < -0.4 is 5.32 Å². The lowest BCUT2D eigenvalue weighted by molar-refractivity contribution is 0.104. The standard InChI is InChI=1S/C19H20N2O3S/c1-23-11-6-10-20-19-21-16(15-9-5-12-24-13-15)18(25-19)17(22)14-7-3-2-4-8-14/h2-5,7-9,12H,6,10-11,13H2,1H3,(H,20,21). The first-order valence-electron chi connectivity index (χ1n) is 8.10. The smallest absolute Gasteiger partial charge is 0.205 e. The molecule has 0 atom stereocenters. The number of nitrogens with one attached hydrogen (secondary N) is 1. The van der Waals surface area contributed by atoms with E-state index in [1.165, 1.54) is 11.3 Å². The summed E-state index contributed by atoms with van der Waals surface area (Å²) in [7, 11) is 1.68. The molecule has 1 aromatic carbocycles. The molecule has 0 unspecified atom stereocenters. The number of carbonyl (C=O) groups excluding carboxylic acids is 1. The summed E-state index contributed by atoms with van der Waals surface area (Å²) < 4.78 is 10.4. The molecular weight excluding hydrogens is 336 g/mol. The largest absolute Gasteiger partial charge is 0.496 e. The molecule has 6 heteroatoms. The monoisotopic (exact) mass is 356 g/mol. The molecular formula is C19H20N2O3S. The average molecular weight is 356 g/mol. The number of rotatable bonds is 8. The van der Waals surface area contributed by atoms with Gasteiger partial charge in [0.2, 0.25) is 5.78 Å². The van der Waals surface area contributed by atoms with Crippen LogP contribution in [0.15, 0.2) is 48.7 Å². The highest BCUT2D eigenvalue weighted by Gasteiger charge is 2.22. The van der Waals surface area contributed by atoms with E-state index in [-0.39, 0.29) is 5.78 Å². The Hall–Kier alpha value is -2.44. The van der Waals surface area contributed by atoms with E-state index in [4.69, 9.17) is 9.47 Å². The number of hydrogen-bond donors (Lipinski definition) is 1. The third-order valence-corrected chi connectivity index (χ3v) is 4.70. The van der Waals surface area contributed by atoms with E-state index in [9.17, 15) is 4.79 Å². The van der Waals surface area contributed by atoms with Gasteiger partial charge in [0.25, 0.3) is 0 Å². The van der Waals surface area contributed by atoms with Gasteiger partial charge < -0.3 is 14.8 Å². The summed E-state index contributed by atoms with van der Waals surface area (Å²) in [6.07, 6.45) is 6.27. The number of carbonyl (C=O) groups is 1. The first-order chi connectivity index (χ1) is 12.3. The minimum Gasteiger partial charge on any atom is -0.496 e. The first kappa shape index (κ1) is 17.4. The van der Waals surface area contributed by atoms with Gasteiger partial charge in [0.1, 0.15) is 11.5 Å². The van der Waals surface area contributed by atoms with Crippen molar-refractivity contribution in [2.24, 2.45) is 0 Å². The maximum atomic E-state index is 12.9. The Morgan fingerprint density at radius 2 is 2.20 bits per heavy atom. The molecule has 0 amide bonds. The zero-order chi connectivity index (χ0) is 17.5. The molecule has 2 aromatic rings. The Morgan fingerprint density at radius 3 is 2.92 bits per heavy atom. The lowest BCUT2D eigenvalue weighted by Gasteiger charge is -2.09. The molecule has 1 aliphatic heterocycles. The third kappa shape index (κ3) is 4.35. The van der Waals surface area contributed by atoms with Crippen LogP contribution >= 0.6 is 11.3 Å². The van der Waals surface area contributed by atoms with Gasteiger partial charge in [-0.2, -0.15) is 0 Å². The highest BCUT2D eigenvalue weighted by Crippen LogP contribution is 2.31. The fraction of sp³-hybridized carbons (Fsp3) is 0.263. The van der Waals surface area contributed by atoms with Crippen molar-refractivity contribution in [3.63, 3.8) is 0 Å². The Labute approximate surface area is 151 Å². The maximum absolute atomic E-state index is 12.9. The molecule has 0 saturated carbocycles. The number of methoxy groups -OCH3 is 1. The van der Waals surface area contributed by atoms with E-state index in [1.54, 1.807) is 13.4 Å². The molecule has 0 fully saturated rings. The van der Waals surface area contributed by atoms with Gasteiger partial charge in [-0.3, -0.25) is 4.79 Å². The van der Waals surface area contributed by atoms with Crippen LogP contribution in [0.1, 0.15) is 27.3 Å². The van der Waals surface area contributed by atoms with E-state index in [0.717, 1.165) is 23.7 Å². The normalized spacial score (nSPS) is 13.2. The number of benzene rings is 1. The molecule has 2 heterocycles. The van der Waals surface area contributed by atoms with Crippen molar-refractivity contribution in [2.45, 2.75) is 6.42 Å². The number of anilines is 1. The number of aromatic nitrogens is 1. The van der Waals surface area contributed by atoms with Gasteiger partial charge in [-0.05, 0) is 12.5 Å². The van der Waals surface area contributed by atoms with Crippen LogP contribution in [0.2, 0.25) is 0 Å². The van der Waals surface area contributed by atoms with Gasteiger partial charge in [-0.1, -0.05) is 47.7 Å². The van der Waals surface area contributed by atoms with Crippen LogP contribution in [0.4, 0.5) is 5.13 Å². The molecule has 0 radical (unpaired) electrons. The molecule has 130 valence electrons. The SMILES string of the molecule is COCCCNc1nc(C2=CC=COC2)c(C(=O)c2ccccc2)s1. The van der Waals surface area contributed by atoms with Gasteiger partial charge in [0, 0.05) is 31.4 Å². The minimum atomic E-state index is -0.0199. The Morgan fingerprint density at radius 1 is 1.36 bits per heavy atom. The van der Waals surface area contributed by atoms with Crippen molar-refractivity contribution >= 4 is 27.8 Å². The molecule has 0 spiro atoms. The molecule has 25 heavy (non-hydrogen) atoms. The quantitative estimate of drug-likeness (QED) is 0.577.